The molecule has 1 fully saturated rings. The Bertz CT molecular complexity index is 1410. The zero-order chi connectivity index (χ0) is 26.3. The second-order valence-corrected chi connectivity index (χ2v) is 9.49. The molecule has 0 saturated carbocycles. The number of nitrogens with one attached hydrogen (secondary N) is 3. The molecule has 0 bridgehead atoms. The van der Waals surface area contributed by atoms with Crippen LogP contribution < -0.4 is 16.0 Å². The van der Waals surface area contributed by atoms with Crippen LogP contribution in [0.25, 0.3) is 10.9 Å². The summed E-state index contributed by atoms with van der Waals surface area (Å²) in [5.41, 5.74) is 4.23. The molecule has 10 heteroatoms. The minimum Gasteiger partial charge on any atom is -0.384 e. The Morgan fingerprint density at radius 3 is 2.61 bits per heavy atom. The summed E-state index contributed by atoms with van der Waals surface area (Å²) in [5.74, 6) is 1.28. The number of carbonyl (C=O) groups is 1. The molecule has 9 nitrogen and oxygen atoms in total. The Morgan fingerprint density at radius 2 is 1.79 bits per heavy atom. The first kappa shape index (κ1) is 25.7. The van der Waals surface area contributed by atoms with Crippen LogP contribution >= 0.6 is 11.6 Å². The van der Waals surface area contributed by atoms with Crippen molar-refractivity contribution in [2.75, 3.05) is 55.3 Å². The lowest BCUT2D eigenvalue weighted by molar-refractivity contribution is 0.0303. The van der Waals surface area contributed by atoms with Crippen LogP contribution in [0.5, 0.6) is 0 Å². The lowest BCUT2D eigenvalue weighted by Gasteiger charge is -2.26. The van der Waals surface area contributed by atoms with Gasteiger partial charge in [-0.1, -0.05) is 11.6 Å². The van der Waals surface area contributed by atoms with E-state index >= 15 is 0 Å². The van der Waals surface area contributed by atoms with Gasteiger partial charge < -0.3 is 25.6 Å². The number of hydrogen-bond acceptors (Lipinski definition) is 8. The van der Waals surface area contributed by atoms with E-state index in [2.05, 4.69) is 30.9 Å². The molecule has 5 rings (SSSR count). The van der Waals surface area contributed by atoms with E-state index in [1.165, 1.54) is 0 Å². The Morgan fingerprint density at radius 1 is 1.00 bits per heavy atom. The molecule has 2 aromatic heterocycles. The zero-order valence-electron chi connectivity index (χ0n) is 21.2. The molecule has 1 aliphatic heterocycles. The maximum atomic E-state index is 12.7. The molecule has 4 aromatic rings. The summed E-state index contributed by atoms with van der Waals surface area (Å²) in [6, 6.07) is 17.0. The number of benzene rings is 2. The number of pyridine rings is 1. The number of nitrogens with zero attached hydrogens (tertiary/aromatic N) is 4. The molecule has 1 aliphatic rings. The second kappa shape index (κ2) is 12.1. The number of ether oxygens (including phenoxy) is 1. The summed E-state index contributed by atoms with van der Waals surface area (Å²) in [4.78, 5) is 28.0. The number of aromatic nitrogens is 3. The number of carbonyl (C=O) groups excluding carboxylic acids is 1. The maximum Gasteiger partial charge on any atom is 0.254 e. The van der Waals surface area contributed by atoms with E-state index < -0.39 is 0 Å². The number of fused-ring (bicyclic) bond motifs is 1. The van der Waals surface area contributed by atoms with Gasteiger partial charge >= 0.3 is 0 Å². The van der Waals surface area contributed by atoms with Gasteiger partial charge in [-0.3, -0.25) is 9.78 Å². The average molecular weight is 532 g/mol. The van der Waals surface area contributed by atoms with Crippen molar-refractivity contribution in [2.45, 2.75) is 13.3 Å². The fourth-order valence-electron chi connectivity index (χ4n) is 4.29. The van der Waals surface area contributed by atoms with E-state index in [0.29, 0.717) is 42.8 Å². The molecule has 0 atom stereocenters. The van der Waals surface area contributed by atoms with Crippen molar-refractivity contribution >= 4 is 51.6 Å². The number of morpholine rings is 1. The van der Waals surface area contributed by atoms with E-state index in [-0.39, 0.29) is 5.91 Å². The van der Waals surface area contributed by atoms with E-state index in [1.54, 1.807) is 6.20 Å². The highest BCUT2D eigenvalue weighted by Crippen LogP contribution is 2.24. The number of anilines is 4. The van der Waals surface area contributed by atoms with E-state index in [4.69, 9.17) is 16.3 Å². The van der Waals surface area contributed by atoms with E-state index in [9.17, 15) is 4.79 Å². The Hall–Kier alpha value is -3.95. The van der Waals surface area contributed by atoms with Crippen molar-refractivity contribution in [2.24, 2.45) is 0 Å². The first-order valence-electron chi connectivity index (χ1n) is 12.7. The number of hydrogen-bond donors (Lipinski definition) is 3. The largest absolute Gasteiger partial charge is 0.384 e. The number of amides is 1. The molecule has 1 amide bonds. The average Bonchev–Trinajstić information content (AvgIpc) is 2.93. The third kappa shape index (κ3) is 6.48. The van der Waals surface area contributed by atoms with Gasteiger partial charge in [0.05, 0.1) is 18.7 Å². The summed E-state index contributed by atoms with van der Waals surface area (Å²) in [7, 11) is 0. The van der Waals surface area contributed by atoms with Crippen LogP contribution in [0.2, 0.25) is 5.02 Å². The molecule has 0 radical (unpaired) electrons. The van der Waals surface area contributed by atoms with Crippen molar-refractivity contribution in [3.05, 3.63) is 77.1 Å². The van der Waals surface area contributed by atoms with Crippen LogP contribution in [0.4, 0.5) is 23.1 Å². The van der Waals surface area contributed by atoms with Crippen LogP contribution in [-0.4, -0.2) is 65.2 Å². The smallest absolute Gasteiger partial charge is 0.254 e. The van der Waals surface area contributed by atoms with Crippen molar-refractivity contribution < 1.29 is 9.53 Å². The molecule has 0 unspecified atom stereocenters. The summed E-state index contributed by atoms with van der Waals surface area (Å²) in [6.45, 7) is 5.89. The van der Waals surface area contributed by atoms with Crippen LogP contribution in [0.3, 0.4) is 0 Å². The van der Waals surface area contributed by atoms with Gasteiger partial charge in [-0.25, -0.2) is 4.98 Å². The minimum atomic E-state index is 0.0224. The van der Waals surface area contributed by atoms with Gasteiger partial charge in [0, 0.05) is 71.5 Å². The molecular weight excluding hydrogens is 502 g/mol. The van der Waals surface area contributed by atoms with Crippen LogP contribution in [0, 0.1) is 6.92 Å². The molecule has 0 spiro atoms. The summed E-state index contributed by atoms with van der Waals surface area (Å²) in [6.07, 6.45) is 2.68. The van der Waals surface area contributed by atoms with Crippen molar-refractivity contribution in [1.82, 2.24) is 19.9 Å². The van der Waals surface area contributed by atoms with Gasteiger partial charge in [0.15, 0.2) is 0 Å². The molecule has 196 valence electrons. The van der Waals surface area contributed by atoms with Gasteiger partial charge in [0.2, 0.25) is 5.95 Å². The summed E-state index contributed by atoms with van der Waals surface area (Å²) in [5, 5.41) is 11.8. The fraction of sp³-hybridized carbons (Fsp3) is 0.286. The quantitative estimate of drug-likeness (QED) is 0.256. The maximum absolute atomic E-state index is 12.7. The highest BCUT2D eigenvalue weighted by molar-refractivity contribution is 6.31. The van der Waals surface area contributed by atoms with E-state index in [1.807, 2.05) is 66.4 Å². The highest BCUT2D eigenvalue weighted by atomic mass is 35.5. The number of aryl methyl sites for hydroxylation is 1. The SMILES string of the molecule is Cc1cc(NCCCNc2ccnc3cc(Cl)ccc23)nc(Nc2ccc(C(=O)N3CCOCC3)cc2)n1. The first-order chi connectivity index (χ1) is 18.5. The predicted octanol–water partition coefficient (Wildman–Crippen LogP) is 5.12. The Balaban J connectivity index is 1.13. The molecular formula is C28H30ClN7O2. The third-order valence-corrected chi connectivity index (χ3v) is 6.46. The zero-order valence-corrected chi connectivity index (χ0v) is 22.0. The lowest BCUT2D eigenvalue weighted by atomic mass is 10.1. The van der Waals surface area contributed by atoms with Crippen molar-refractivity contribution in [3.63, 3.8) is 0 Å². The van der Waals surface area contributed by atoms with Crippen molar-refractivity contribution in [3.8, 4) is 0 Å². The fourth-order valence-corrected chi connectivity index (χ4v) is 4.46. The second-order valence-electron chi connectivity index (χ2n) is 9.05. The van der Waals surface area contributed by atoms with Gasteiger partial charge in [0.1, 0.15) is 5.82 Å². The third-order valence-electron chi connectivity index (χ3n) is 6.22. The lowest BCUT2D eigenvalue weighted by Crippen LogP contribution is -2.40. The first-order valence-corrected chi connectivity index (χ1v) is 13.0. The van der Waals surface area contributed by atoms with Crippen LogP contribution in [0.15, 0.2) is 60.8 Å². The molecule has 0 aliphatic carbocycles. The molecule has 38 heavy (non-hydrogen) atoms. The van der Waals surface area contributed by atoms with Crippen LogP contribution in [0.1, 0.15) is 22.5 Å². The van der Waals surface area contributed by atoms with Gasteiger partial charge in [-0.05, 0) is 61.9 Å². The van der Waals surface area contributed by atoms with Crippen LogP contribution in [-0.2, 0) is 4.74 Å². The molecule has 3 heterocycles. The Labute approximate surface area is 226 Å². The van der Waals surface area contributed by atoms with E-state index in [0.717, 1.165) is 53.3 Å². The molecule has 1 saturated heterocycles. The van der Waals surface area contributed by atoms with Gasteiger partial charge in [-0.2, -0.15) is 4.98 Å². The van der Waals surface area contributed by atoms with Gasteiger partial charge in [-0.15, -0.1) is 0 Å². The van der Waals surface area contributed by atoms with Gasteiger partial charge in [0.25, 0.3) is 5.91 Å². The summed E-state index contributed by atoms with van der Waals surface area (Å²) < 4.78 is 5.33. The molecule has 2 aromatic carbocycles. The highest BCUT2D eigenvalue weighted by Gasteiger charge is 2.18. The summed E-state index contributed by atoms with van der Waals surface area (Å²) >= 11 is 6.09. The Kier molecular flexibility index (Phi) is 8.15. The minimum absolute atomic E-state index is 0.0224. The predicted molar refractivity (Wildman–Crippen MR) is 152 cm³/mol. The number of halogens is 1. The molecule has 3 N–H and O–H groups in total. The number of rotatable bonds is 9. The topological polar surface area (TPSA) is 104 Å². The van der Waals surface area contributed by atoms with Crippen molar-refractivity contribution in [1.29, 1.82) is 0 Å². The normalized spacial score (nSPS) is 13.4. The standard InChI is InChI=1S/C28H30ClN7O2/c1-19-17-26(32-11-2-10-30-24-9-12-31-25-18-21(29)5-8-23(24)25)35-28(33-19)34-22-6-3-20(4-7-22)27(37)36-13-15-38-16-14-36/h3-9,12,17-18H,2,10-11,13-16H2,1H3,(H,30,31)(H2,32,33,34,35). The monoisotopic (exact) mass is 531 g/mol.